The van der Waals surface area contributed by atoms with Crippen molar-refractivity contribution in [2.45, 2.75) is 44.6 Å². The summed E-state index contributed by atoms with van der Waals surface area (Å²) in [6.45, 7) is 1.73. The minimum absolute atomic E-state index is 0.0372. The highest BCUT2D eigenvalue weighted by molar-refractivity contribution is 6.53. The van der Waals surface area contributed by atoms with E-state index in [1.54, 1.807) is 6.92 Å². The van der Waals surface area contributed by atoms with Crippen LogP contribution in [0.1, 0.15) is 49.0 Å². The van der Waals surface area contributed by atoms with Gasteiger partial charge in [-0.25, -0.2) is 9.29 Å². The summed E-state index contributed by atoms with van der Waals surface area (Å²) in [7, 11) is -1.56. The number of hydrogen-bond donors (Lipinski definition) is 2. The quantitative estimate of drug-likeness (QED) is 0.286. The molecule has 2 saturated heterocycles. The number of benzene rings is 2. The monoisotopic (exact) mass is 571 g/mol. The second-order valence-electron chi connectivity index (χ2n) is 10.1. The number of carbonyl (C=O) groups is 2. The lowest BCUT2D eigenvalue weighted by Crippen LogP contribution is -2.44. The van der Waals surface area contributed by atoms with Crippen molar-refractivity contribution < 1.29 is 55.1 Å². The highest BCUT2D eigenvalue weighted by atomic mass is 19.4. The van der Waals surface area contributed by atoms with Crippen LogP contribution in [-0.2, 0) is 26.6 Å². The number of fused-ring (bicyclic) bond motifs is 3. The molecular formula is C26H21BF7NO5. The molecule has 2 aliphatic heterocycles. The van der Waals surface area contributed by atoms with Crippen molar-refractivity contribution in [2.75, 3.05) is 4.90 Å². The maximum Gasteiger partial charge on any atom is 0.487 e. The van der Waals surface area contributed by atoms with Crippen molar-refractivity contribution in [1.82, 2.24) is 0 Å². The first-order chi connectivity index (χ1) is 18.6. The lowest BCUT2D eigenvalue weighted by Gasteiger charge is -2.42. The number of aromatic hydroxyl groups is 1. The van der Waals surface area contributed by atoms with E-state index in [1.807, 2.05) is 0 Å². The van der Waals surface area contributed by atoms with Crippen LogP contribution in [0.4, 0.5) is 36.4 Å². The second-order valence-corrected chi connectivity index (χ2v) is 10.1. The third-order valence-corrected chi connectivity index (χ3v) is 7.81. The molecule has 3 aliphatic rings. The molecule has 2 N–H and O–H groups in total. The van der Waals surface area contributed by atoms with Gasteiger partial charge in [0.25, 0.3) is 0 Å². The Morgan fingerprint density at radius 2 is 1.60 bits per heavy atom. The molecule has 6 nitrogen and oxygen atoms in total. The Kier molecular flexibility index (Phi) is 6.77. The van der Waals surface area contributed by atoms with E-state index in [0.717, 1.165) is 12.1 Å². The fourth-order valence-corrected chi connectivity index (χ4v) is 6.01. The minimum Gasteiger partial charge on any atom is -0.505 e. The van der Waals surface area contributed by atoms with E-state index in [0.29, 0.717) is 34.5 Å². The number of nitrogens with zero attached hydrogens (tertiary/aromatic N) is 1. The van der Waals surface area contributed by atoms with Gasteiger partial charge < -0.3 is 14.8 Å². The molecule has 212 valence electrons. The van der Waals surface area contributed by atoms with Crippen LogP contribution in [0, 0.1) is 23.6 Å². The van der Waals surface area contributed by atoms with Gasteiger partial charge in [-0.15, -0.1) is 0 Å². The number of rotatable bonds is 3. The number of phenols is 1. The third kappa shape index (κ3) is 4.66. The van der Waals surface area contributed by atoms with Crippen molar-refractivity contribution in [3.8, 4) is 5.75 Å². The van der Waals surface area contributed by atoms with Gasteiger partial charge in [0.2, 0.25) is 11.8 Å². The molecule has 2 aromatic carbocycles. The first-order valence-electron chi connectivity index (χ1n) is 12.3. The molecule has 1 aliphatic carbocycles. The van der Waals surface area contributed by atoms with Gasteiger partial charge in [-0.1, -0.05) is 18.6 Å². The van der Waals surface area contributed by atoms with Crippen LogP contribution in [-0.4, -0.2) is 29.1 Å². The summed E-state index contributed by atoms with van der Waals surface area (Å²) in [6, 6.07) is 3.98. The molecular weight excluding hydrogens is 550 g/mol. The summed E-state index contributed by atoms with van der Waals surface area (Å²) in [4.78, 5) is 27.5. The van der Waals surface area contributed by atoms with Crippen LogP contribution in [0.15, 0.2) is 47.4 Å². The Labute approximate surface area is 223 Å². The topological polar surface area (TPSA) is 87.1 Å². The summed E-state index contributed by atoms with van der Waals surface area (Å²) in [5, 5.41) is 20.4. The van der Waals surface area contributed by atoms with Crippen molar-refractivity contribution >= 4 is 24.6 Å². The Hall–Kier alpha value is -3.39. The van der Waals surface area contributed by atoms with E-state index in [1.165, 1.54) is 6.07 Å². The normalized spacial score (nSPS) is 25.4. The number of amides is 2. The third-order valence-electron chi connectivity index (χ3n) is 7.81. The number of alkyl halides is 6. The zero-order valence-corrected chi connectivity index (χ0v) is 20.7. The first kappa shape index (κ1) is 28.2. The molecule has 40 heavy (non-hydrogen) atoms. The molecule has 0 bridgehead atoms. The van der Waals surface area contributed by atoms with Crippen LogP contribution < -0.4 is 4.90 Å². The fraction of sp³-hybridized carbons (Fsp3) is 0.385. The average molecular weight is 571 g/mol. The molecule has 0 unspecified atom stereocenters. The Morgan fingerprint density at radius 1 is 0.975 bits per heavy atom. The Balaban J connectivity index is 1.57. The molecule has 0 aromatic heterocycles. The van der Waals surface area contributed by atoms with Crippen molar-refractivity contribution in [1.29, 1.82) is 0 Å². The zero-order chi connectivity index (χ0) is 29.3. The molecule has 2 fully saturated rings. The van der Waals surface area contributed by atoms with Crippen LogP contribution in [0.3, 0.4) is 0 Å². The molecule has 5 rings (SSSR count). The van der Waals surface area contributed by atoms with E-state index >= 15 is 0 Å². The molecule has 4 atom stereocenters. The van der Waals surface area contributed by atoms with Crippen molar-refractivity contribution in [2.24, 2.45) is 17.8 Å². The van der Waals surface area contributed by atoms with Crippen LogP contribution in [0.5, 0.6) is 5.75 Å². The van der Waals surface area contributed by atoms with Gasteiger partial charge in [0.1, 0.15) is 0 Å². The number of carbonyl (C=O) groups excluding carboxylic acids is 2. The Morgan fingerprint density at radius 3 is 2.15 bits per heavy atom. The predicted molar refractivity (Wildman–Crippen MR) is 126 cm³/mol. The van der Waals surface area contributed by atoms with Crippen LogP contribution in [0.2, 0.25) is 0 Å². The molecule has 2 amide bonds. The highest BCUT2D eigenvalue weighted by Crippen LogP contribution is 2.53. The summed E-state index contributed by atoms with van der Waals surface area (Å²) in [6.07, 6.45) is -11.1. The molecule has 0 radical (unpaired) electrons. The summed E-state index contributed by atoms with van der Waals surface area (Å²) in [5.74, 6) is -6.69. The number of anilines is 1. The number of halogens is 7. The molecule has 0 saturated carbocycles. The van der Waals surface area contributed by atoms with E-state index in [-0.39, 0.29) is 24.5 Å². The maximum atomic E-state index is 14.0. The fourth-order valence-electron chi connectivity index (χ4n) is 6.01. The van der Waals surface area contributed by atoms with Gasteiger partial charge in [0.05, 0.1) is 34.8 Å². The number of allylic oxidation sites excluding steroid dienone is 2. The SMILES string of the molecule is CCC1=C2B(O)O[C@H](c3ccc(O)c(F)c3)C[C@H]2[C@H]2C(=O)N(c3cc(C(F)(F)F)cc(C(F)(F)F)c3)C(=O)[C@H]2C1. The second kappa shape index (κ2) is 9.62. The van der Waals surface area contributed by atoms with Gasteiger partial charge >= 0.3 is 19.5 Å². The molecule has 2 aromatic rings. The maximum absolute atomic E-state index is 14.0. The average Bonchev–Trinajstić information content (AvgIpc) is 3.13. The van der Waals surface area contributed by atoms with Crippen molar-refractivity contribution in [3.05, 3.63) is 70.0 Å². The standard InChI is InChI=1S/C26H21BF7NO5/c1-2-11-5-17-21(16-10-20(40-27(39)22(11)16)12-3-4-19(36)18(28)6-12)24(38)35(23(17)37)15-8-13(25(29,30)31)7-14(9-15)26(32,33)34/h3-4,6-9,16-17,20-21,36,39H,2,5,10H2,1H3/t16-,17-,20-,21+/m0/s1. The smallest absolute Gasteiger partial charge is 0.487 e. The van der Waals surface area contributed by atoms with Gasteiger partial charge in [0.15, 0.2) is 11.6 Å². The lowest BCUT2D eigenvalue weighted by atomic mass is 9.55. The van der Waals surface area contributed by atoms with Gasteiger partial charge in [0, 0.05) is 0 Å². The van der Waals surface area contributed by atoms with Gasteiger partial charge in [-0.3, -0.25) is 9.59 Å². The minimum atomic E-state index is -5.18. The van der Waals surface area contributed by atoms with Gasteiger partial charge in [-0.05, 0) is 66.5 Å². The molecule has 2 heterocycles. The van der Waals surface area contributed by atoms with Crippen LogP contribution >= 0.6 is 0 Å². The summed E-state index contributed by atoms with van der Waals surface area (Å²) < 4.78 is 101. The number of phenolic OH excluding ortho intramolecular Hbond substituents is 1. The molecule has 14 heteroatoms. The summed E-state index contributed by atoms with van der Waals surface area (Å²) in [5.41, 5.74) is -3.07. The van der Waals surface area contributed by atoms with E-state index in [2.05, 4.69) is 0 Å². The first-order valence-corrected chi connectivity index (χ1v) is 12.3. The van der Waals surface area contributed by atoms with Gasteiger partial charge in [-0.2, -0.15) is 26.3 Å². The molecule has 0 spiro atoms. The summed E-state index contributed by atoms with van der Waals surface area (Å²) >= 11 is 0. The van der Waals surface area contributed by atoms with Crippen LogP contribution in [0.25, 0.3) is 0 Å². The Bertz CT molecular complexity index is 1390. The number of imide groups is 1. The van der Waals surface area contributed by atoms with E-state index in [9.17, 15) is 50.5 Å². The lowest BCUT2D eigenvalue weighted by molar-refractivity contribution is -0.143. The van der Waals surface area contributed by atoms with E-state index < -0.39 is 83.5 Å². The zero-order valence-electron chi connectivity index (χ0n) is 20.7. The predicted octanol–water partition coefficient (Wildman–Crippen LogP) is 5.58. The van der Waals surface area contributed by atoms with Crippen molar-refractivity contribution in [3.63, 3.8) is 0 Å². The highest BCUT2D eigenvalue weighted by Gasteiger charge is 2.58. The largest absolute Gasteiger partial charge is 0.505 e. The number of hydrogen-bond acceptors (Lipinski definition) is 5. The van der Waals surface area contributed by atoms with E-state index in [4.69, 9.17) is 4.65 Å².